The van der Waals surface area contributed by atoms with E-state index in [0.29, 0.717) is 5.41 Å². The molecule has 2 saturated carbocycles. The van der Waals surface area contributed by atoms with Crippen LogP contribution in [0.1, 0.15) is 40.0 Å². The Hall–Kier alpha value is -0.530. The third-order valence-electron chi connectivity index (χ3n) is 4.07. The maximum Gasteiger partial charge on any atom is 0.0493 e. The van der Waals surface area contributed by atoms with Gasteiger partial charge in [-0.05, 0) is 25.2 Å². The van der Waals surface area contributed by atoms with E-state index in [4.69, 9.17) is 5.84 Å². The van der Waals surface area contributed by atoms with Crippen molar-refractivity contribution in [3.63, 3.8) is 0 Å². The molecule has 2 N–H and O–H groups in total. The second kappa shape index (κ2) is 2.04. The van der Waals surface area contributed by atoms with Gasteiger partial charge in [-0.2, -0.15) is 5.10 Å². The van der Waals surface area contributed by atoms with Crippen LogP contribution >= 0.6 is 0 Å². The molecule has 0 saturated heterocycles. The molecule has 2 aliphatic carbocycles. The van der Waals surface area contributed by atoms with Gasteiger partial charge in [0.25, 0.3) is 0 Å². The molecular formula is C10H18N2. The van der Waals surface area contributed by atoms with Crippen molar-refractivity contribution >= 4 is 5.71 Å². The number of hydrogen-bond donors (Lipinski definition) is 1. The van der Waals surface area contributed by atoms with Gasteiger partial charge in [0.1, 0.15) is 0 Å². The monoisotopic (exact) mass is 166 g/mol. The molecule has 68 valence electrons. The molecule has 0 aromatic carbocycles. The zero-order valence-electron chi connectivity index (χ0n) is 8.22. The van der Waals surface area contributed by atoms with Crippen molar-refractivity contribution in [1.29, 1.82) is 0 Å². The molecule has 0 aromatic heterocycles. The summed E-state index contributed by atoms with van der Waals surface area (Å²) in [6.45, 7) is 6.88. The molecule has 2 aliphatic rings. The predicted molar refractivity (Wildman–Crippen MR) is 50.9 cm³/mol. The van der Waals surface area contributed by atoms with Gasteiger partial charge in [-0.15, -0.1) is 0 Å². The number of hydrogen-bond acceptors (Lipinski definition) is 2. The van der Waals surface area contributed by atoms with Crippen molar-refractivity contribution in [1.82, 2.24) is 0 Å². The van der Waals surface area contributed by atoms with Crippen molar-refractivity contribution in [3.05, 3.63) is 0 Å². The molecule has 0 heterocycles. The van der Waals surface area contributed by atoms with Gasteiger partial charge in [-0.3, -0.25) is 0 Å². The van der Waals surface area contributed by atoms with E-state index in [1.807, 2.05) is 0 Å². The Morgan fingerprint density at radius 3 is 2.42 bits per heavy atom. The lowest BCUT2D eigenvalue weighted by atomic mass is 9.71. The normalized spacial score (nSPS) is 47.2. The molecule has 12 heavy (non-hydrogen) atoms. The van der Waals surface area contributed by atoms with Crippen molar-refractivity contribution in [3.8, 4) is 0 Å². The topological polar surface area (TPSA) is 38.4 Å². The van der Waals surface area contributed by atoms with Crippen molar-refractivity contribution in [2.24, 2.45) is 27.7 Å². The number of nitrogens with two attached hydrogens (primary N) is 1. The van der Waals surface area contributed by atoms with Crippen LogP contribution < -0.4 is 5.84 Å². The average Bonchev–Trinajstić information content (AvgIpc) is 2.39. The van der Waals surface area contributed by atoms with Crippen LogP contribution in [-0.4, -0.2) is 5.71 Å². The van der Waals surface area contributed by atoms with E-state index >= 15 is 0 Å². The Morgan fingerprint density at radius 1 is 1.42 bits per heavy atom. The predicted octanol–water partition coefficient (Wildman–Crippen LogP) is 2.15. The van der Waals surface area contributed by atoms with Gasteiger partial charge in [0.15, 0.2) is 0 Å². The molecular weight excluding hydrogens is 148 g/mol. The molecule has 2 unspecified atom stereocenters. The summed E-state index contributed by atoms with van der Waals surface area (Å²) in [4.78, 5) is 0. The van der Waals surface area contributed by atoms with Crippen LogP contribution in [0.4, 0.5) is 0 Å². The minimum absolute atomic E-state index is 0.266. The minimum Gasteiger partial charge on any atom is -0.323 e. The summed E-state index contributed by atoms with van der Waals surface area (Å²) >= 11 is 0. The minimum atomic E-state index is 0.266. The van der Waals surface area contributed by atoms with E-state index in [1.54, 1.807) is 0 Å². The van der Waals surface area contributed by atoms with Crippen LogP contribution in [0, 0.1) is 16.7 Å². The van der Waals surface area contributed by atoms with Crippen LogP contribution in [0.25, 0.3) is 0 Å². The summed E-state index contributed by atoms with van der Waals surface area (Å²) in [5.74, 6) is 6.29. The highest BCUT2D eigenvalue weighted by atomic mass is 15.1. The first-order chi connectivity index (χ1) is 5.50. The lowest BCUT2D eigenvalue weighted by molar-refractivity contribution is 0.332. The third-order valence-corrected chi connectivity index (χ3v) is 4.07. The summed E-state index contributed by atoms with van der Waals surface area (Å²) in [6.07, 6.45) is 3.95. The van der Waals surface area contributed by atoms with Gasteiger partial charge in [0, 0.05) is 16.5 Å². The van der Waals surface area contributed by atoms with E-state index < -0.39 is 0 Å². The molecule has 2 rings (SSSR count). The molecule has 0 aromatic rings. The number of hydrazone groups is 1. The molecule has 2 fully saturated rings. The second-order valence-electron chi connectivity index (χ2n) is 5.20. The van der Waals surface area contributed by atoms with Crippen LogP contribution in [0.5, 0.6) is 0 Å². The molecule has 2 heteroatoms. The Kier molecular flexibility index (Phi) is 1.37. The fourth-order valence-corrected chi connectivity index (χ4v) is 3.37. The third kappa shape index (κ3) is 0.732. The summed E-state index contributed by atoms with van der Waals surface area (Å²) < 4.78 is 0. The highest BCUT2D eigenvalue weighted by Gasteiger charge is 2.57. The zero-order valence-corrected chi connectivity index (χ0v) is 8.22. The number of fused-ring (bicyclic) bond motifs is 2. The molecule has 0 aliphatic heterocycles. The van der Waals surface area contributed by atoms with Crippen LogP contribution in [0.3, 0.4) is 0 Å². The van der Waals surface area contributed by atoms with Gasteiger partial charge in [0.2, 0.25) is 0 Å². The Balaban J connectivity index is 2.45. The van der Waals surface area contributed by atoms with Gasteiger partial charge in [-0.1, -0.05) is 20.8 Å². The molecule has 0 radical (unpaired) electrons. The van der Waals surface area contributed by atoms with Crippen LogP contribution in [0.2, 0.25) is 0 Å². The Labute approximate surface area is 74.2 Å². The van der Waals surface area contributed by atoms with Gasteiger partial charge in [0.05, 0.1) is 0 Å². The van der Waals surface area contributed by atoms with Gasteiger partial charge >= 0.3 is 0 Å². The quantitative estimate of drug-likeness (QED) is 0.434. The van der Waals surface area contributed by atoms with E-state index in [0.717, 1.165) is 5.92 Å². The smallest absolute Gasteiger partial charge is 0.0493 e. The van der Waals surface area contributed by atoms with Crippen molar-refractivity contribution < 1.29 is 0 Å². The van der Waals surface area contributed by atoms with E-state index in [9.17, 15) is 0 Å². The Bertz CT molecular complexity index is 235. The van der Waals surface area contributed by atoms with E-state index in [-0.39, 0.29) is 5.41 Å². The average molecular weight is 166 g/mol. The zero-order chi connectivity index (χ0) is 8.98. The largest absolute Gasteiger partial charge is 0.323 e. The summed E-state index contributed by atoms with van der Waals surface area (Å²) in [7, 11) is 0. The van der Waals surface area contributed by atoms with Crippen LogP contribution in [0.15, 0.2) is 5.10 Å². The fourth-order valence-electron chi connectivity index (χ4n) is 3.37. The van der Waals surface area contributed by atoms with Gasteiger partial charge in [-0.25, -0.2) is 0 Å². The van der Waals surface area contributed by atoms with Crippen LogP contribution in [-0.2, 0) is 0 Å². The fraction of sp³-hybridized carbons (Fsp3) is 0.900. The maximum atomic E-state index is 5.47. The molecule has 0 spiro atoms. The number of nitrogens with zero attached hydrogens (tertiary/aromatic N) is 1. The first-order valence-corrected chi connectivity index (χ1v) is 4.79. The highest BCUT2D eigenvalue weighted by molar-refractivity contribution is 5.97. The van der Waals surface area contributed by atoms with E-state index in [1.165, 1.54) is 25.0 Å². The lowest BCUT2D eigenvalue weighted by Gasteiger charge is -2.34. The molecule has 2 bridgehead atoms. The van der Waals surface area contributed by atoms with Crippen molar-refractivity contribution in [2.45, 2.75) is 40.0 Å². The van der Waals surface area contributed by atoms with E-state index in [2.05, 4.69) is 25.9 Å². The maximum absolute atomic E-state index is 5.47. The molecule has 2 nitrogen and oxygen atoms in total. The molecule has 2 atom stereocenters. The first kappa shape index (κ1) is 8.09. The lowest BCUT2D eigenvalue weighted by Crippen LogP contribution is -2.36. The highest BCUT2D eigenvalue weighted by Crippen LogP contribution is 2.60. The number of rotatable bonds is 0. The standard InChI is InChI=1S/C10H18N2/c1-9(2)7-4-5-10(3,6-7)8(9)12-11/h7H,4-6,11H2,1-3H3/b12-8+. The van der Waals surface area contributed by atoms with Gasteiger partial charge < -0.3 is 5.84 Å². The summed E-state index contributed by atoms with van der Waals surface area (Å²) in [6, 6.07) is 0. The Morgan fingerprint density at radius 2 is 2.08 bits per heavy atom. The van der Waals surface area contributed by atoms with Crippen molar-refractivity contribution in [2.75, 3.05) is 0 Å². The summed E-state index contributed by atoms with van der Waals surface area (Å²) in [5, 5.41) is 4.01. The molecule has 0 amide bonds. The first-order valence-electron chi connectivity index (χ1n) is 4.79. The summed E-state index contributed by atoms with van der Waals surface area (Å²) in [5.41, 5.74) is 1.86. The second-order valence-corrected chi connectivity index (χ2v) is 5.20. The SMILES string of the molecule is CC12CCC(C1)C(C)(C)/C2=N\N.